The third-order valence-electron chi connectivity index (χ3n) is 3.35. The smallest absolute Gasteiger partial charge is 0.127 e. The minimum Gasteiger partial charge on any atom is -0.393 e. The fourth-order valence-electron chi connectivity index (χ4n) is 2.27. The number of halogens is 2. The minimum atomic E-state index is -0.210. The van der Waals surface area contributed by atoms with Gasteiger partial charge >= 0.3 is 0 Å². The first-order valence-electron chi connectivity index (χ1n) is 5.90. The average molecular weight is 302 g/mol. The van der Waals surface area contributed by atoms with E-state index in [9.17, 15) is 9.50 Å². The highest BCUT2D eigenvalue weighted by atomic mass is 79.9. The molecule has 17 heavy (non-hydrogen) atoms. The van der Waals surface area contributed by atoms with Crippen molar-refractivity contribution in [1.82, 2.24) is 4.90 Å². The number of benzene rings is 1. The van der Waals surface area contributed by atoms with E-state index in [4.69, 9.17) is 0 Å². The van der Waals surface area contributed by atoms with E-state index < -0.39 is 0 Å². The molecule has 1 aliphatic rings. The third kappa shape index (κ3) is 3.27. The summed E-state index contributed by atoms with van der Waals surface area (Å²) < 4.78 is 14.5. The summed E-state index contributed by atoms with van der Waals surface area (Å²) >= 11 is 3.36. The number of piperidine rings is 1. The van der Waals surface area contributed by atoms with Crippen LogP contribution in [0.3, 0.4) is 0 Å². The van der Waals surface area contributed by atoms with Crippen LogP contribution in [0.5, 0.6) is 0 Å². The summed E-state index contributed by atoms with van der Waals surface area (Å²) in [5.41, 5.74) is 0.711. The van der Waals surface area contributed by atoms with Gasteiger partial charge < -0.3 is 5.11 Å². The third-order valence-corrected chi connectivity index (χ3v) is 3.84. The molecule has 0 bridgehead atoms. The molecule has 2 atom stereocenters. The Morgan fingerprint density at radius 2 is 2.29 bits per heavy atom. The maximum atomic E-state index is 13.6. The molecule has 0 amide bonds. The molecule has 1 fully saturated rings. The van der Waals surface area contributed by atoms with E-state index in [2.05, 4.69) is 20.8 Å². The summed E-state index contributed by atoms with van der Waals surface area (Å²) in [4.78, 5) is 2.20. The predicted octanol–water partition coefficient (Wildman–Crippen LogP) is 2.79. The zero-order valence-corrected chi connectivity index (χ0v) is 11.5. The second kappa shape index (κ2) is 5.46. The normalized spacial score (nSPS) is 26.1. The molecule has 1 heterocycles. The molecule has 1 saturated heterocycles. The van der Waals surface area contributed by atoms with Gasteiger partial charge in [0.05, 0.1) is 6.10 Å². The Morgan fingerprint density at radius 3 is 3.00 bits per heavy atom. The number of likely N-dealkylation sites (tertiary alicyclic amines) is 1. The second-order valence-corrected chi connectivity index (χ2v) is 5.72. The lowest BCUT2D eigenvalue weighted by Crippen LogP contribution is -2.41. The van der Waals surface area contributed by atoms with Gasteiger partial charge in [0.2, 0.25) is 0 Å². The Hall–Kier alpha value is -0.450. The van der Waals surface area contributed by atoms with E-state index in [0.29, 0.717) is 12.1 Å². The summed E-state index contributed by atoms with van der Waals surface area (Å²) in [6.45, 7) is 4.31. The lowest BCUT2D eigenvalue weighted by molar-refractivity contribution is 0.0316. The zero-order valence-electron chi connectivity index (χ0n) is 9.87. The lowest BCUT2D eigenvalue weighted by Gasteiger charge is -2.34. The van der Waals surface area contributed by atoms with Crippen LogP contribution in [0.2, 0.25) is 0 Å². The second-order valence-electron chi connectivity index (χ2n) is 4.80. The van der Waals surface area contributed by atoms with E-state index in [1.54, 1.807) is 6.07 Å². The van der Waals surface area contributed by atoms with Crippen molar-refractivity contribution in [3.63, 3.8) is 0 Å². The molecule has 4 heteroatoms. The molecular weight excluding hydrogens is 285 g/mol. The van der Waals surface area contributed by atoms with Gasteiger partial charge in [0.15, 0.2) is 0 Å². The molecule has 0 radical (unpaired) electrons. The Kier molecular flexibility index (Phi) is 4.17. The summed E-state index contributed by atoms with van der Waals surface area (Å²) in [5, 5.41) is 9.65. The summed E-state index contributed by atoms with van der Waals surface area (Å²) in [7, 11) is 0. The molecular formula is C13H17BrFNO. The number of hydrogen-bond donors (Lipinski definition) is 1. The van der Waals surface area contributed by atoms with Crippen molar-refractivity contribution in [3.05, 3.63) is 34.1 Å². The van der Waals surface area contributed by atoms with Gasteiger partial charge in [0.25, 0.3) is 0 Å². The summed E-state index contributed by atoms with van der Waals surface area (Å²) in [6, 6.07) is 5.02. The Bertz CT molecular complexity index is 399. The number of nitrogens with zero attached hydrogens (tertiary/aromatic N) is 1. The standard InChI is InChI=1S/C13H17BrFNO/c1-9-7-16(5-4-13(9)17)8-10-6-11(14)2-3-12(10)15/h2-3,6,9,13,17H,4-5,7-8H2,1H3. The number of hydrogen-bond acceptors (Lipinski definition) is 2. The predicted molar refractivity (Wildman–Crippen MR) is 69.2 cm³/mol. The highest BCUT2D eigenvalue weighted by molar-refractivity contribution is 9.10. The molecule has 1 aliphatic heterocycles. The molecule has 0 aromatic heterocycles. The SMILES string of the molecule is CC1CN(Cc2cc(Br)ccc2F)CCC1O. The van der Waals surface area contributed by atoms with Gasteiger partial charge in [-0.3, -0.25) is 4.90 Å². The molecule has 1 aromatic carbocycles. The monoisotopic (exact) mass is 301 g/mol. The van der Waals surface area contributed by atoms with E-state index in [1.807, 2.05) is 13.0 Å². The van der Waals surface area contributed by atoms with E-state index in [0.717, 1.165) is 24.0 Å². The van der Waals surface area contributed by atoms with Crippen LogP contribution in [-0.2, 0) is 6.54 Å². The Labute approximate surface area is 110 Å². The van der Waals surface area contributed by atoms with Crippen LogP contribution in [0.4, 0.5) is 4.39 Å². The summed E-state index contributed by atoms with van der Waals surface area (Å²) in [5.74, 6) is 0.103. The highest BCUT2D eigenvalue weighted by Crippen LogP contribution is 2.21. The van der Waals surface area contributed by atoms with Crippen molar-refractivity contribution in [1.29, 1.82) is 0 Å². The van der Waals surface area contributed by atoms with Gasteiger partial charge in [-0.25, -0.2) is 4.39 Å². The largest absolute Gasteiger partial charge is 0.393 e. The maximum absolute atomic E-state index is 13.6. The van der Waals surface area contributed by atoms with Gasteiger partial charge in [-0.2, -0.15) is 0 Å². The molecule has 0 spiro atoms. The quantitative estimate of drug-likeness (QED) is 0.908. The van der Waals surface area contributed by atoms with Crippen molar-refractivity contribution < 1.29 is 9.50 Å². The fraction of sp³-hybridized carbons (Fsp3) is 0.538. The van der Waals surface area contributed by atoms with Crippen LogP contribution in [0, 0.1) is 11.7 Å². The molecule has 1 N–H and O–H groups in total. The van der Waals surface area contributed by atoms with E-state index >= 15 is 0 Å². The number of aliphatic hydroxyl groups is 1. The van der Waals surface area contributed by atoms with Crippen molar-refractivity contribution in [2.24, 2.45) is 5.92 Å². The van der Waals surface area contributed by atoms with Gasteiger partial charge in [-0.1, -0.05) is 22.9 Å². The maximum Gasteiger partial charge on any atom is 0.127 e. The molecule has 2 rings (SSSR count). The van der Waals surface area contributed by atoms with Gasteiger partial charge in [0, 0.05) is 29.7 Å². The first-order valence-corrected chi connectivity index (χ1v) is 6.70. The lowest BCUT2D eigenvalue weighted by atomic mass is 9.96. The Morgan fingerprint density at radius 1 is 1.53 bits per heavy atom. The van der Waals surface area contributed by atoms with Crippen LogP contribution in [0.1, 0.15) is 18.9 Å². The van der Waals surface area contributed by atoms with Gasteiger partial charge in [-0.15, -0.1) is 0 Å². The van der Waals surface area contributed by atoms with Gasteiger partial charge in [0.1, 0.15) is 5.82 Å². The van der Waals surface area contributed by atoms with Crippen molar-refractivity contribution in [2.45, 2.75) is 26.0 Å². The van der Waals surface area contributed by atoms with Crippen molar-refractivity contribution >= 4 is 15.9 Å². The highest BCUT2D eigenvalue weighted by Gasteiger charge is 2.24. The summed E-state index contributed by atoms with van der Waals surface area (Å²) in [6.07, 6.45) is 0.565. The molecule has 2 unspecified atom stereocenters. The van der Waals surface area contributed by atoms with E-state index in [1.165, 1.54) is 6.07 Å². The van der Waals surface area contributed by atoms with E-state index in [-0.39, 0.29) is 17.8 Å². The van der Waals surface area contributed by atoms with Crippen LogP contribution in [0.25, 0.3) is 0 Å². The zero-order chi connectivity index (χ0) is 12.4. The first-order chi connectivity index (χ1) is 8.06. The molecule has 0 aliphatic carbocycles. The van der Waals surface area contributed by atoms with Crippen LogP contribution in [-0.4, -0.2) is 29.2 Å². The van der Waals surface area contributed by atoms with Crippen LogP contribution < -0.4 is 0 Å². The topological polar surface area (TPSA) is 23.5 Å². The van der Waals surface area contributed by atoms with Gasteiger partial charge in [-0.05, 0) is 30.5 Å². The fourth-order valence-corrected chi connectivity index (χ4v) is 2.68. The molecule has 1 aromatic rings. The molecule has 0 saturated carbocycles. The van der Waals surface area contributed by atoms with Crippen LogP contribution in [0.15, 0.2) is 22.7 Å². The minimum absolute atomic E-state index is 0.160. The molecule has 94 valence electrons. The average Bonchev–Trinajstić information content (AvgIpc) is 2.29. The number of rotatable bonds is 2. The Balaban J connectivity index is 2.03. The number of aliphatic hydroxyl groups excluding tert-OH is 1. The van der Waals surface area contributed by atoms with Crippen molar-refractivity contribution in [3.8, 4) is 0 Å². The van der Waals surface area contributed by atoms with Crippen LogP contribution >= 0.6 is 15.9 Å². The molecule has 2 nitrogen and oxygen atoms in total. The first kappa shape index (κ1) is 13.0. The van der Waals surface area contributed by atoms with Crippen molar-refractivity contribution in [2.75, 3.05) is 13.1 Å².